The average Bonchev–Trinajstić information content (AvgIpc) is 2.46. The monoisotopic (exact) mass is 259 g/mol. The van der Waals surface area contributed by atoms with Gasteiger partial charge in [-0.25, -0.2) is 9.37 Å². The molecule has 1 aromatic heterocycles. The van der Waals surface area contributed by atoms with Crippen LogP contribution in [0.15, 0.2) is 42.5 Å². The summed E-state index contributed by atoms with van der Waals surface area (Å²) < 4.78 is 13.4. The Hall–Kier alpha value is -2.43. The minimum Gasteiger partial charge on any atom is -0.373 e. The van der Waals surface area contributed by atoms with Crippen LogP contribution in [0, 0.1) is 5.82 Å². The lowest BCUT2D eigenvalue weighted by Crippen LogP contribution is -2.24. The molecule has 0 radical (unpaired) electrons. The Balaban J connectivity index is 2.03. The maximum absolute atomic E-state index is 13.4. The Morgan fingerprint density at radius 3 is 2.74 bits per heavy atom. The summed E-state index contributed by atoms with van der Waals surface area (Å²) in [5.41, 5.74) is 0.740. The van der Waals surface area contributed by atoms with Gasteiger partial charge in [0.25, 0.3) is 5.91 Å². The first kappa shape index (κ1) is 13.0. The van der Waals surface area contributed by atoms with Crippen molar-refractivity contribution in [2.45, 2.75) is 6.54 Å². The van der Waals surface area contributed by atoms with Crippen LogP contribution in [-0.4, -0.2) is 17.9 Å². The SMILES string of the molecule is CNc1cccc(C(=O)NCc2ccccc2F)n1. The summed E-state index contributed by atoms with van der Waals surface area (Å²) >= 11 is 0. The second kappa shape index (κ2) is 5.95. The van der Waals surface area contributed by atoms with Crippen LogP contribution in [0.2, 0.25) is 0 Å². The molecule has 0 spiro atoms. The van der Waals surface area contributed by atoms with Crippen molar-refractivity contribution in [2.24, 2.45) is 0 Å². The molecule has 2 rings (SSSR count). The van der Waals surface area contributed by atoms with Crippen molar-refractivity contribution in [3.8, 4) is 0 Å². The summed E-state index contributed by atoms with van der Waals surface area (Å²) in [7, 11) is 1.73. The number of hydrogen-bond donors (Lipinski definition) is 2. The Morgan fingerprint density at radius 1 is 1.21 bits per heavy atom. The van der Waals surface area contributed by atoms with Gasteiger partial charge in [0.2, 0.25) is 0 Å². The van der Waals surface area contributed by atoms with E-state index in [1.54, 1.807) is 43.4 Å². The maximum Gasteiger partial charge on any atom is 0.270 e. The lowest BCUT2D eigenvalue weighted by atomic mass is 10.2. The second-order valence-electron chi connectivity index (χ2n) is 3.93. The number of halogens is 1. The van der Waals surface area contributed by atoms with Crippen molar-refractivity contribution < 1.29 is 9.18 Å². The van der Waals surface area contributed by atoms with Gasteiger partial charge in [0, 0.05) is 19.2 Å². The van der Waals surface area contributed by atoms with Crippen molar-refractivity contribution in [1.29, 1.82) is 0 Å². The molecule has 4 nitrogen and oxygen atoms in total. The Labute approximate surface area is 110 Å². The molecule has 5 heteroatoms. The fourth-order valence-electron chi connectivity index (χ4n) is 1.61. The standard InChI is InChI=1S/C14H14FN3O/c1-16-13-8-4-7-12(18-13)14(19)17-9-10-5-2-3-6-11(10)15/h2-8H,9H2,1H3,(H,16,18)(H,17,19). The van der Waals surface area contributed by atoms with Crippen LogP contribution >= 0.6 is 0 Å². The molecule has 98 valence electrons. The predicted octanol–water partition coefficient (Wildman–Crippen LogP) is 2.19. The number of pyridine rings is 1. The fraction of sp³-hybridized carbons (Fsp3) is 0.143. The van der Waals surface area contributed by atoms with Crippen molar-refractivity contribution in [2.75, 3.05) is 12.4 Å². The molecule has 0 atom stereocenters. The summed E-state index contributed by atoms with van der Waals surface area (Å²) in [4.78, 5) is 16.0. The van der Waals surface area contributed by atoms with Crippen LogP contribution in [0.25, 0.3) is 0 Å². The van der Waals surface area contributed by atoms with Gasteiger partial charge >= 0.3 is 0 Å². The lowest BCUT2D eigenvalue weighted by molar-refractivity contribution is 0.0946. The normalized spacial score (nSPS) is 10.0. The third-order valence-corrected chi connectivity index (χ3v) is 2.64. The van der Waals surface area contributed by atoms with Crippen LogP contribution in [0.1, 0.15) is 16.1 Å². The highest BCUT2D eigenvalue weighted by Crippen LogP contribution is 2.07. The first-order valence-corrected chi connectivity index (χ1v) is 5.87. The summed E-state index contributed by atoms with van der Waals surface area (Å²) in [5, 5.41) is 5.49. The summed E-state index contributed by atoms with van der Waals surface area (Å²) in [6.07, 6.45) is 0. The first-order valence-electron chi connectivity index (χ1n) is 5.87. The number of nitrogens with one attached hydrogen (secondary N) is 2. The van der Waals surface area contributed by atoms with E-state index in [0.717, 1.165) is 0 Å². The molecule has 2 N–H and O–H groups in total. The number of amides is 1. The maximum atomic E-state index is 13.4. The van der Waals surface area contributed by atoms with Gasteiger partial charge in [0.05, 0.1) is 0 Å². The highest BCUT2D eigenvalue weighted by atomic mass is 19.1. The van der Waals surface area contributed by atoms with Crippen LogP contribution in [0.4, 0.5) is 10.2 Å². The molecule has 0 saturated heterocycles. The van der Waals surface area contributed by atoms with Gasteiger partial charge in [-0.15, -0.1) is 0 Å². The van der Waals surface area contributed by atoms with Crippen molar-refractivity contribution in [3.63, 3.8) is 0 Å². The molecule has 1 heterocycles. The number of nitrogens with zero attached hydrogens (tertiary/aromatic N) is 1. The van der Waals surface area contributed by atoms with Crippen molar-refractivity contribution in [1.82, 2.24) is 10.3 Å². The van der Waals surface area contributed by atoms with E-state index < -0.39 is 0 Å². The van der Waals surface area contributed by atoms with Crippen LogP contribution in [0.3, 0.4) is 0 Å². The average molecular weight is 259 g/mol. The number of hydrogen-bond acceptors (Lipinski definition) is 3. The van der Waals surface area contributed by atoms with E-state index in [4.69, 9.17) is 0 Å². The third-order valence-electron chi connectivity index (χ3n) is 2.64. The Morgan fingerprint density at radius 2 is 2.00 bits per heavy atom. The number of benzene rings is 1. The van der Waals surface area contributed by atoms with Gasteiger partial charge in [-0.1, -0.05) is 24.3 Å². The summed E-state index contributed by atoms with van der Waals surface area (Å²) in [5.74, 6) is -0.0568. The van der Waals surface area contributed by atoms with Crippen LogP contribution in [0.5, 0.6) is 0 Å². The topological polar surface area (TPSA) is 54.0 Å². The number of carbonyl (C=O) groups excluding carboxylic acids is 1. The minimum absolute atomic E-state index is 0.136. The molecule has 0 unspecified atom stereocenters. The van der Waals surface area contributed by atoms with Crippen molar-refractivity contribution >= 4 is 11.7 Å². The Kier molecular flexibility index (Phi) is 4.07. The molecule has 0 saturated carbocycles. The number of carbonyl (C=O) groups is 1. The zero-order valence-electron chi connectivity index (χ0n) is 10.5. The number of aromatic nitrogens is 1. The van der Waals surface area contributed by atoms with Crippen LogP contribution in [-0.2, 0) is 6.54 Å². The molecular weight excluding hydrogens is 245 g/mol. The highest BCUT2D eigenvalue weighted by molar-refractivity contribution is 5.92. The third kappa shape index (κ3) is 3.28. The zero-order chi connectivity index (χ0) is 13.7. The summed E-state index contributed by atoms with van der Waals surface area (Å²) in [6.45, 7) is 0.136. The van der Waals surface area contributed by atoms with Gasteiger partial charge in [-0.2, -0.15) is 0 Å². The number of anilines is 1. The Bertz CT molecular complexity index is 586. The van der Waals surface area contributed by atoms with E-state index in [0.29, 0.717) is 17.1 Å². The fourth-order valence-corrected chi connectivity index (χ4v) is 1.61. The quantitative estimate of drug-likeness (QED) is 0.885. The van der Waals surface area contributed by atoms with E-state index in [1.807, 2.05) is 0 Å². The van der Waals surface area contributed by atoms with Gasteiger partial charge in [0.1, 0.15) is 17.3 Å². The van der Waals surface area contributed by atoms with E-state index >= 15 is 0 Å². The summed E-state index contributed by atoms with van der Waals surface area (Å²) in [6, 6.07) is 11.4. The molecule has 0 bridgehead atoms. The minimum atomic E-state index is -0.334. The van der Waals surface area contributed by atoms with Gasteiger partial charge in [-0.3, -0.25) is 4.79 Å². The molecule has 0 aliphatic heterocycles. The molecule has 0 aliphatic carbocycles. The molecular formula is C14H14FN3O. The number of rotatable bonds is 4. The van der Waals surface area contributed by atoms with E-state index in [-0.39, 0.29) is 18.3 Å². The molecule has 1 aromatic carbocycles. The van der Waals surface area contributed by atoms with E-state index in [1.165, 1.54) is 6.07 Å². The smallest absolute Gasteiger partial charge is 0.270 e. The molecule has 0 aliphatic rings. The second-order valence-corrected chi connectivity index (χ2v) is 3.93. The lowest BCUT2D eigenvalue weighted by Gasteiger charge is -2.07. The predicted molar refractivity (Wildman–Crippen MR) is 71.4 cm³/mol. The largest absolute Gasteiger partial charge is 0.373 e. The first-order chi connectivity index (χ1) is 9.20. The highest BCUT2D eigenvalue weighted by Gasteiger charge is 2.08. The van der Waals surface area contributed by atoms with Crippen molar-refractivity contribution in [3.05, 3.63) is 59.5 Å². The van der Waals surface area contributed by atoms with Gasteiger partial charge < -0.3 is 10.6 Å². The van der Waals surface area contributed by atoms with E-state index in [9.17, 15) is 9.18 Å². The van der Waals surface area contributed by atoms with E-state index in [2.05, 4.69) is 15.6 Å². The molecule has 0 fully saturated rings. The van der Waals surface area contributed by atoms with Crippen LogP contribution < -0.4 is 10.6 Å². The zero-order valence-corrected chi connectivity index (χ0v) is 10.5. The molecule has 2 aromatic rings. The van der Waals surface area contributed by atoms with Gasteiger partial charge in [-0.05, 0) is 18.2 Å². The molecule has 1 amide bonds. The molecule has 19 heavy (non-hydrogen) atoms. The van der Waals surface area contributed by atoms with Gasteiger partial charge in [0.15, 0.2) is 0 Å².